The number of hydrogen-bond acceptors (Lipinski definition) is 8. The molecule has 1 amide bonds. The number of alkyl halides is 3. The first-order valence-electron chi connectivity index (χ1n) is 12.0. The van der Waals surface area contributed by atoms with Crippen molar-refractivity contribution >= 4 is 17.5 Å². The van der Waals surface area contributed by atoms with E-state index in [2.05, 4.69) is 25.1 Å². The molecule has 4 heterocycles. The van der Waals surface area contributed by atoms with Gasteiger partial charge in [0.1, 0.15) is 5.56 Å². The van der Waals surface area contributed by atoms with Gasteiger partial charge in [0, 0.05) is 45.1 Å². The summed E-state index contributed by atoms with van der Waals surface area (Å²) < 4.78 is 45.4. The zero-order valence-electron chi connectivity index (χ0n) is 19.3. The van der Waals surface area contributed by atoms with Crippen LogP contribution in [0.25, 0.3) is 0 Å². The first kappa shape index (κ1) is 23.7. The van der Waals surface area contributed by atoms with Gasteiger partial charge >= 0.3 is 6.18 Å². The van der Waals surface area contributed by atoms with Gasteiger partial charge in [-0.2, -0.15) is 23.4 Å². The molecule has 0 spiro atoms. The number of anilines is 2. The van der Waals surface area contributed by atoms with Crippen LogP contribution in [-0.2, 0) is 15.7 Å². The van der Waals surface area contributed by atoms with Gasteiger partial charge in [-0.1, -0.05) is 0 Å². The van der Waals surface area contributed by atoms with E-state index in [0.29, 0.717) is 44.6 Å². The van der Waals surface area contributed by atoms with Crippen LogP contribution >= 0.6 is 0 Å². The van der Waals surface area contributed by atoms with Crippen molar-refractivity contribution in [3.63, 3.8) is 0 Å². The quantitative estimate of drug-likeness (QED) is 0.521. The van der Waals surface area contributed by atoms with E-state index in [-0.39, 0.29) is 37.3 Å². The molecule has 0 N–H and O–H groups in total. The molecule has 2 aromatic rings. The third-order valence-corrected chi connectivity index (χ3v) is 6.86. The van der Waals surface area contributed by atoms with Crippen LogP contribution < -0.4 is 9.80 Å². The minimum absolute atomic E-state index is 0.0119. The van der Waals surface area contributed by atoms with Gasteiger partial charge in [-0.3, -0.25) is 4.79 Å². The zero-order valence-corrected chi connectivity index (χ0v) is 19.3. The molecule has 2 saturated heterocycles. The molecule has 0 radical (unpaired) electrons. The fraction of sp³-hybridized carbons (Fsp3) is 0.609. The number of amides is 1. The summed E-state index contributed by atoms with van der Waals surface area (Å²) in [6.45, 7) is 3.53. The predicted octanol–water partition coefficient (Wildman–Crippen LogP) is 2.50. The maximum absolute atomic E-state index is 13.3. The molecule has 1 atom stereocenters. The van der Waals surface area contributed by atoms with E-state index >= 15 is 0 Å². The van der Waals surface area contributed by atoms with Crippen LogP contribution in [0.1, 0.15) is 42.7 Å². The Labute approximate surface area is 201 Å². The number of carbonyl (C=O) groups excluding carboxylic acids is 1. The van der Waals surface area contributed by atoms with Crippen LogP contribution in [0.3, 0.4) is 0 Å². The molecule has 0 aromatic carbocycles. The lowest BCUT2D eigenvalue weighted by Gasteiger charge is -2.43. The van der Waals surface area contributed by atoms with E-state index in [1.54, 1.807) is 4.90 Å². The molecular weight excluding hydrogens is 463 g/mol. The lowest BCUT2D eigenvalue weighted by Crippen LogP contribution is -2.51. The SMILES string of the molecule is O=C(CCOC[C@@H]1CCN1c1cnncc1C(F)(F)F)N1CCN(c2ncc(C3CC3)cn2)CC1. The van der Waals surface area contributed by atoms with Gasteiger partial charge in [0.25, 0.3) is 0 Å². The molecule has 12 heteroatoms. The highest BCUT2D eigenvalue weighted by molar-refractivity contribution is 5.76. The summed E-state index contributed by atoms with van der Waals surface area (Å²) >= 11 is 0. The van der Waals surface area contributed by atoms with E-state index in [1.165, 1.54) is 18.4 Å². The molecule has 1 saturated carbocycles. The Balaban J connectivity index is 1.03. The highest BCUT2D eigenvalue weighted by Crippen LogP contribution is 2.40. The van der Waals surface area contributed by atoms with Crippen molar-refractivity contribution in [1.82, 2.24) is 25.1 Å². The van der Waals surface area contributed by atoms with Gasteiger partial charge < -0.3 is 19.4 Å². The Bertz CT molecular complexity index is 1020. The van der Waals surface area contributed by atoms with Gasteiger partial charge in [0.05, 0.1) is 43.8 Å². The van der Waals surface area contributed by atoms with Crippen molar-refractivity contribution in [2.75, 3.05) is 55.7 Å². The largest absolute Gasteiger partial charge is 0.420 e. The number of piperazine rings is 1. The fourth-order valence-electron chi connectivity index (χ4n) is 4.51. The highest BCUT2D eigenvalue weighted by atomic mass is 19.4. The Kier molecular flexibility index (Phi) is 6.72. The van der Waals surface area contributed by atoms with Crippen molar-refractivity contribution < 1.29 is 22.7 Å². The maximum Gasteiger partial charge on any atom is 0.420 e. The lowest BCUT2D eigenvalue weighted by atomic mass is 10.0. The van der Waals surface area contributed by atoms with Crippen LogP contribution in [0.4, 0.5) is 24.8 Å². The average Bonchev–Trinajstić information content (AvgIpc) is 3.69. The van der Waals surface area contributed by atoms with E-state index in [4.69, 9.17) is 4.74 Å². The Morgan fingerprint density at radius 3 is 2.31 bits per heavy atom. The summed E-state index contributed by atoms with van der Waals surface area (Å²) in [6, 6.07) is -0.176. The second-order valence-corrected chi connectivity index (χ2v) is 9.21. The van der Waals surface area contributed by atoms with Gasteiger partial charge in [-0.05, 0) is 30.7 Å². The molecule has 188 valence electrons. The van der Waals surface area contributed by atoms with Crippen LogP contribution in [0.15, 0.2) is 24.8 Å². The van der Waals surface area contributed by atoms with Gasteiger partial charge in [0.2, 0.25) is 11.9 Å². The summed E-state index contributed by atoms with van der Waals surface area (Å²) in [7, 11) is 0. The lowest BCUT2D eigenvalue weighted by molar-refractivity contribution is -0.137. The average molecular weight is 492 g/mol. The second-order valence-electron chi connectivity index (χ2n) is 9.21. The molecule has 35 heavy (non-hydrogen) atoms. The molecule has 2 aromatic heterocycles. The van der Waals surface area contributed by atoms with Crippen molar-refractivity contribution in [2.45, 2.75) is 43.8 Å². The van der Waals surface area contributed by atoms with E-state index < -0.39 is 11.7 Å². The van der Waals surface area contributed by atoms with Crippen LogP contribution in [0.5, 0.6) is 0 Å². The van der Waals surface area contributed by atoms with Crippen molar-refractivity contribution in [3.8, 4) is 0 Å². The van der Waals surface area contributed by atoms with E-state index in [0.717, 1.165) is 18.8 Å². The summed E-state index contributed by atoms with van der Waals surface area (Å²) in [4.78, 5) is 27.1. The van der Waals surface area contributed by atoms with Crippen LogP contribution in [-0.4, -0.2) is 83.0 Å². The summed E-state index contributed by atoms with van der Waals surface area (Å²) in [6.07, 6.45) is 4.61. The standard InChI is InChI=1S/C23H28F3N7O2/c24-23(25,26)19-13-29-30-14-20(19)33-5-3-18(33)15-35-10-4-21(34)31-6-8-32(9-7-31)22-27-11-17(12-28-22)16-1-2-16/h11-14,16,18H,1-10,15H2/t18-/m0/s1. The van der Waals surface area contributed by atoms with E-state index in [9.17, 15) is 18.0 Å². The van der Waals surface area contributed by atoms with Crippen LogP contribution in [0, 0.1) is 0 Å². The Morgan fingerprint density at radius 2 is 1.69 bits per heavy atom. The number of ether oxygens (including phenoxy) is 1. The topological polar surface area (TPSA) is 87.6 Å². The summed E-state index contributed by atoms with van der Waals surface area (Å²) in [5.74, 6) is 1.34. The minimum Gasteiger partial charge on any atom is -0.379 e. The third-order valence-electron chi connectivity index (χ3n) is 6.86. The number of carbonyl (C=O) groups is 1. The van der Waals surface area contributed by atoms with Gasteiger partial charge in [-0.15, -0.1) is 0 Å². The molecule has 3 fully saturated rings. The van der Waals surface area contributed by atoms with E-state index in [1.807, 2.05) is 17.3 Å². The third kappa shape index (κ3) is 5.47. The smallest absolute Gasteiger partial charge is 0.379 e. The summed E-state index contributed by atoms with van der Waals surface area (Å²) in [5, 5.41) is 6.98. The van der Waals surface area contributed by atoms with Crippen LogP contribution in [0.2, 0.25) is 0 Å². The Hall–Kier alpha value is -3.02. The molecule has 5 rings (SSSR count). The van der Waals surface area contributed by atoms with Gasteiger partial charge in [-0.25, -0.2) is 9.97 Å². The minimum atomic E-state index is -4.49. The van der Waals surface area contributed by atoms with Crippen molar-refractivity contribution in [3.05, 3.63) is 35.9 Å². The molecule has 3 aliphatic rings. The second kappa shape index (κ2) is 9.92. The molecule has 0 bridgehead atoms. The fourth-order valence-corrected chi connectivity index (χ4v) is 4.51. The molecule has 2 aliphatic heterocycles. The normalized spacial score (nSPS) is 20.7. The number of rotatable bonds is 8. The molecular formula is C23H28F3N7O2. The maximum atomic E-state index is 13.3. The number of halogens is 3. The monoisotopic (exact) mass is 491 g/mol. The highest BCUT2D eigenvalue weighted by Gasteiger charge is 2.39. The zero-order chi connectivity index (χ0) is 24.4. The first-order chi connectivity index (χ1) is 16.9. The number of nitrogens with zero attached hydrogens (tertiary/aromatic N) is 7. The summed E-state index contributed by atoms with van der Waals surface area (Å²) in [5.41, 5.74) is 0.425. The van der Waals surface area contributed by atoms with Crippen molar-refractivity contribution in [2.24, 2.45) is 0 Å². The first-order valence-corrected chi connectivity index (χ1v) is 12.0. The predicted molar refractivity (Wildman–Crippen MR) is 121 cm³/mol. The molecule has 0 unspecified atom stereocenters. The molecule has 1 aliphatic carbocycles. The van der Waals surface area contributed by atoms with Crippen molar-refractivity contribution in [1.29, 1.82) is 0 Å². The number of aromatic nitrogens is 4. The Morgan fingerprint density at radius 1 is 0.971 bits per heavy atom. The van der Waals surface area contributed by atoms with Gasteiger partial charge in [0.15, 0.2) is 0 Å². The number of hydrogen-bond donors (Lipinski definition) is 0. The molecule has 9 nitrogen and oxygen atoms in total.